The second kappa shape index (κ2) is 9.17. The van der Waals surface area contributed by atoms with Crippen LogP contribution < -0.4 is 15.4 Å². The van der Waals surface area contributed by atoms with E-state index in [1.165, 1.54) is 6.92 Å². The van der Waals surface area contributed by atoms with Crippen molar-refractivity contribution in [1.29, 1.82) is 0 Å². The highest BCUT2D eigenvalue weighted by Gasteiger charge is 2.21. The molecule has 0 spiro atoms. The van der Waals surface area contributed by atoms with Gasteiger partial charge in [-0.05, 0) is 48.0 Å². The Hall–Kier alpha value is -4.06. The average Bonchev–Trinajstić information content (AvgIpc) is 3.18. The lowest BCUT2D eigenvalue weighted by molar-refractivity contribution is -0.125. The first-order valence-corrected chi connectivity index (χ1v) is 10.0. The number of hydrogen-bond acceptors (Lipinski definition) is 3. The number of carbonyl (C=O) groups excluding carboxylic acids is 2. The summed E-state index contributed by atoms with van der Waals surface area (Å²) in [6.45, 7) is 1.41. The van der Waals surface area contributed by atoms with E-state index in [4.69, 9.17) is 4.74 Å². The van der Waals surface area contributed by atoms with Gasteiger partial charge >= 0.3 is 0 Å². The molecule has 0 unspecified atom stereocenters. The van der Waals surface area contributed by atoms with Crippen molar-refractivity contribution in [3.05, 3.63) is 90.6 Å². The van der Waals surface area contributed by atoms with E-state index in [0.717, 1.165) is 22.2 Å². The highest BCUT2D eigenvalue weighted by Crippen LogP contribution is 2.23. The van der Waals surface area contributed by atoms with Crippen molar-refractivity contribution in [2.24, 2.45) is 0 Å². The van der Waals surface area contributed by atoms with Crippen molar-refractivity contribution in [2.45, 2.75) is 19.4 Å². The van der Waals surface area contributed by atoms with Gasteiger partial charge in [-0.1, -0.05) is 36.4 Å². The molecule has 1 aromatic heterocycles. The van der Waals surface area contributed by atoms with Crippen molar-refractivity contribution in [2.75, 3.05) is 5.32 Å². The minimum absolute atomic E-state index is 0.258. The average molecular weight is 413 g/mol. The molecule has 0 bridgehead atoms. The Kier molecular flexibility index (Phi) is 5.98. The van der Waals surface area contributed by atoms with Crippen LogP contribution in [0.2, 0.25) is 0 Å². The van der Waals surface area contributed by atoms with Crippen molar-refractivity contribution in [3.8, 4) is 11.5 Å². The van der Waals surface area contributed by atoms with Crippen LogP contribution in [0.4, 0.5) is 5.69 Å². The minimum atomic E-state index is -0.697. The third kappa shape index (κ3) is 5.11. The summed E-state index contributed by atoms with van der Waals surface area (Å²) in [6.07, 6.45) is 2.26. The lowest BCUT2D eigenvalue weighted by Gasteiger charge is -2.17. The maximum absolute atomic E-state index is 12.9. The number of aromatic amines is 1. The van der Waals surface area contributed by atoms with Gasteiger partial charge in [0.25, 0.3) is 0 Å². The van der Waals surface area contributed by atoms with Crippen molar-refractivity contribution >= 4 is 28.4 Å². The number of fused-ring (bicyclic) bond motifs is 1. The SMILES string of the molecule is CC(=O)N[C@@H](Cc1c[nH]c2ccccc12)C(=O)Nc1ccc(Oc2ccccc2)cc1. The number of nitrogens with one attached hydrogen (secondary N) is 3. The van der Waals surface area contributed by atoms with E-state index in [2.05, 4.69) is 15.6 Å². The molecule has 31 heavy (non-hydrogen) atoms. The maximum Gasteiger partial charge on any atom is 0.247 e. The molecule has 1 atom stereocenters. The predicted octanol–water partition coefficient (Wildman–Crippen LogP) is 4.65. The van der Waals surface area contributed by atoms with Gasteiger partial charge in [0.2, 0.25) is 11.8 Å². The number of para-hydroxylation sites is 2. The molecule has 6 heteroatoms. The van der Waals surface area contributed by atoms with Crippen molar-refractivity contribution in [1.82, 2.24) is 10.3 Å². The van der Waals surface area contributed by atoms with E-state index in [0.29, 0.717) is 17.9 Å². The van der Waals surface area contributed by atoms with Crippen LogP contribution in [0.1, 0.15) is 12.5 Å². The van der Waals surface area contributed by atoms with Gasteiger partial charge in [-0.25, -0.2) is 0 Å². The quantitative estimate of drug-likeness (QED) is 0.413. The van der Waals surface area contributed by atoms with Gasteiger partial charge in [0, 0.05) is 36.1 Å². The number of rotatable bonds is 7. The van der Waals surface area contributed by atoms with Crippen LogP contribution in [0, 0.1) is 0 Å². The monoisotopic (exact) mass is 413 g/mol. The molecular weight excluding hydrogens is 390 g/mol. The van der Waals surface area contributed by atoms with E-state index in [1.807, 2.05) is 60.8 Å². The van der Waals surface area contributed by atoms with Gasteiger partial charge in [0.1, 0.15) is 17.5 Å². The number of amides is 2. The zero-order chi connectivity index (χ0) is 21.6. The van der Waals surface area contributed by atoms with Gasteiger partial charge < -0.3 is 20.4 Å². The number of benzene rings is 3. The fourth-order valence-electron chi connectivity index (χ4n) is 3.44. The Bertz CT molecular complexity index is 1180. The van der Waals surface area contributed by atoms with Crippen LogP contribution in [0.5, 0.6) is 11.5 Å². The molecule has 0 fully saturated rings. The number of hydrogen-bond donors (Lipinski definition) is 3. The van der Waals surface area contributed by atoms with E-state index in [1.54, 1.807) is 24.3 Å². The fourth-order valence-corrected chi connectivity index (χ4v) is 3.44. The summed E-state index contributed by atoms with van der Waals surface area (Å²) in [7, 11) is 0. The Morgan fingerprint density at radius 3 is 2.32 bits per heavy atom. The molecule has 3 aromatic carbocycles. The molecule has 0 saturated heterocycles. The van der Waals surface area contributed by atoms with E-state index >= 15 is 0 Å². The molecule has 0 aliphatic carbocycles. The Morgan fingerprint density at radius 1 is 0.903 bits per heavy atom. The highest BCUT2D eigenvalue weighted by molar-refractivity contribution is 5.97. The molecule has 3 N–H and O–H groups in total. The summed E-state index contributed by atoms with van der Waals surface area (Å²) in [5.74, 6) is 0.869. The molecule has 4 aromatic rings. The van der Waals surface area contributed by atoms with Gasteiger partial charge in [-0.2, -0.15) is 0 Å². The number of carbonyl (C=O) groups is 2. The van der Waals surface area contributed by atoms with E-state index in [9.17, 15) is 9.59 Å². The lowest BCUT2D eigenvalue weighted by atomic mass is 10.0. The van der Waals surface area contributed by atoms with Crippen LogP contribution in [-0.2, 0) is 16.0 Å². The zero-order valence-electron chi connectivity index (χ0n) is 17.1. The molecule has 0 aliphatic heterocycles. The molecule has 0 saturated carbocycles. The normalized spacial score (nSPS) is 11.6. The van der Waals surface area contributed by atoms with Crippen LogP contribution >= 0.6 is 0 Å². The summed E-state index contributed by atoms with van der Waals surface area (Å²) in [5, 5.41) is 6.67. The first-order valence-electron chi connectivity index (χ1n) is 10.0. The highest BCUT2D eigenvalue weighted by atomic mass is 16.5. The van der Waals surface area contributed by atoms with Gasteiger partial charge in [0.15, 0.2) is 0 Å². The van der Waals surface area contributed by atoms with Gasteiger partial charge in [-0.3, -0.25) is 9.59 Å². The first kappa shape index (κ1) is 20.2. The molecular formula is C25H23N3O3. The molecule has 1 heterocycles. The molecule has 2 amide bonds. The van der Waals surface area contributed by atoms with Crippen molar-refractivity contribution in [3.63, 3.8) is 0 Å². The molecule has 4 rings (SSSR count). The topological polar surface area (TPSA) is 83.2 Å². The first-order chi connectivity index (χ1) is 15.1. The van der Waals surface area contributed by atoms with Crippen LogP contribution in [0.25, 0.3) is 10.9 Å². The standard InChI is InChI=1S/C25H23N3O3/c1-17(29)27-24(15-18-16-26-23-10-6-5-9-22(18)23)25(30)28-19-11-13-21(14-12-19)31-20-7-3-2-4-8-20/h2-14,16,24,26H,15H2,1H3,(H,27,29)(H,28,30)/t24-/m0/s1. The third-order valence-electron chi connectivity index (χ3n) is 4.89. The summed E-state index contributed by atoms with van der Waals surface area (Å²) in [6, 6.07) is 23.8. The van der Waals surface area contributed by atoms with Crippen molar-refractivity contribution < 1.29 is 14.3 Å². The summed E-state index contributed by atoms with van der Waals surface area (Å²) < 4.78 is 5.78. The second-order valence-electron chi connectivity index (χ2n) is 7.25. The molecule has 0 radical (unpaired) electrons. The number of anilines is 1. The Balaban J connectivity index is 1.45. The summed E-state index contributed by atoms with van der Waals surface area (Å²) in [4.78, 5) is 27.8. The number of H-pyrrole nitrogens is 1. The number of aromatic nitrogens is 1. The molecule has 156 valence electrons. The molecule has 0 aliphatic rings. The Morgan fingerprint density at radius 2 is 1.58 bits per heavy atom. The van der Waals surface area contributed by atoms with Gasteiger partial charge in [-0.15, -0.1) is 0 Å². The predicted molar refractivity (Wildman–Crippen MR) is 121 cm³/mol. The van der Waals surface area contributed by atoms with Gasteiger partial charge in [0.05, 0.1) is 0 Å². The maximum atomic E-state index is 12.9. The third-order valence-corrected chi connectivity index (χ3v) is 4.89. The smallest absolute Gasteiger partial charge is 0.247 e. The largest absolute Gasteiger partial charge is 0.457 e. The zero-order valence-corrected chi connectivity index (χ0v) is 17.1. The second-order valence-corrected chi connectivity index (χ2v) is 7.25. The number of ether oxygens (including phenoxy) is 1. The van der Waals surface area contributed by atoms with E-state index < -0.39 is 6.04 Å². The van der Waals surface area contributed by atoms with Crippen LogP contribution in [0.15, 0.2) is 85.1 Å². The van der Waals surface area contributed by atoms with Crippen LogP contribution in [-0.4, -0.2) is 22.8 Å². The Labute approximate surface area is 180 Å². The summed E-state index contributed by atoms with van der Waals surface area (Å²) >= 11 is 0. The lowest BCUT2D eigenvalue weighted by Crippen LogP contribution is -2.44. The van der Waals surface area contributed by atoms with Crippen LogP contribution in [0.3, 0.4) is 0 Å². The van der Waals surface area contributed by atoms with E-state index in [-0.39, 0.29) is 11.8 Å². The minimum Gasteiger partial charge on any atom is -0.457 e. The molecule has 6 nitrogen and oxygen atoms in total. The summed E-state index contributed by atoms with van der Waals surface area (Å²) in [5.41, 5.74) is 2.59. The fraction of sp³-hybridized carbons (Fsp3) is 0.120.